The van der Waals surface area contributed by atoms with Gasteiger partial charge in [-0.25, -0.2) is 5.43 Å². The van der Waals surface area contributed by atoms with E-state index < -0.39 is 0 Å². The lowest BCUT2D eigenvalue weighted by atomic mass is 9.70. The maximum absolute atomic E-state index is 12.2. The number of hydrazone groups is 1. The summed E-state index contributed by atoms with van der Waals surface area (Å²) in [4.78, 5) is 24.3. The minimum Gasteiger partial charge on any atom is -0.455 e. The number of esters is 1. The van der Waals surface area contributed by atoms with Gasteiger partial charge in [-0.1, -0.05) is 27.2 Å². The van der Waals surface area contributed by atoms with Crippen LogP contribution in [0.2, 0.25) is 0 Å². The predicted molar refractivity (Wildman–Crippen MR) is 94.7 cm³/mol. The van der Waals surface area contributed by atoms with E-state index in [2.05, 4.69) is 31.3 Å². The largest absolute Gasteiger partial charge is 0.455 e. The van der Waals surface area contributed by atoms with E-state index in [1.165, 1.54) is 12.8 Å². The summed E-state index contributed by atoms with van der Waals surface area (Å²) in [5.41, 5.74) is 4.04. The first-order valence-electron chi connectivity index (χ1n) is 9.84. The first-order chi connectivity index (χ1) is 11.8. The fourth-order valence-electron chi connectivity index (χ4n) is 6.04. The van der Waals surface area contributed by atoms with Crippen molar-refractivity contribution < 1.29 is 14.3 Å². The van der Waals surface area contributed by atoms with Crippen molar-refractivity contribution in [1.82, 2.24) is 5.43 Å². The van der Waals surface area contributed by atoms with E-state index in [4.69, 9.17) is 4.74 Å². The minimum absolute atomic E-state index is 0.0168. The van der Waals surface area contributed by atoms with Gasteiger partial charge in [0.2, 0.25) is 0 Å². The molecule has 0 aromatic rings. The van der Waals surface area contributed by atoms with Crippen molar-refractivity contribution >= 4 is 17.6 Å². The number of carbonyl (C=O) groups is 2. The first-order valence-corrected chi connectivity index (χ1v) is 9.84. The Bertz CT molecular complexity index is 626. The van der Waals surface area contributed by atoms with E-state index in [1.807, 2.05) is 0 Å². The summed E-state index contributed by atoms with van der Waals surface area (Å²) in [6.45, 7) is 6.67. The summed E-state index contributed by atoms with van der Waals surface area (Å²) in [6.07, 6.45) is 7.85. The van der Waals surface area contributed by atoms with Crippen LogP contribution in [0.15, 0.2) is 5.10 Å². The molecule has 0 aromatic carbocycles. The Morgan fingerprint density at radius 1 is 1.20 bits per heavy atom. The van der Waals surface area contributed by atoms with Gasteiger partial charge in [-0.05, 0) is 61.7 Å². The zero-order valence-electron chi connectivity index (χ0n) is 15.6. The molecule has 1 amide bonds. The van der Waals surface area contributed by atoms with Crippen molar-refractivity contribution in [1.29, 1.82) is 0 Å². The molecule has 4 fully saturated rings. The molecule has 5 unspecified atom stereocenters. The molecule has 138 valence electrons. The SMILES string of the molecule is CC12CCC(CC1=NNC(=O)COC(=O)C1CC3CCC1C3)C2(C)C. The molecule has 5 nitrogen and oxygen atoms in total. The number of hydrogen-bond donors (Lipinski definition) is 1. The predicted octanol–water partition coefficient (Wildman–Crippen LogP) is 3.28. The van der Waals surface area contributed by atoms with E-state index in [0.717, 1.165) is 37.8 Å². The lowest BCUT2D eigenvalue weighted by molar-refractivity contribution is -0.154. The van der Waals surface area contributed by atoms with E-state index >= 15 is 0 Å². The van der Waals surface area contributed by atoms with Crippen LogP contribution in [0.5, 0.6) is 0 Å². The summed E-state index contributed by atoms with van der Waals surface area (Å²) >= 11 is 0. The number of rotatable bonds is 4. The highest BCUT2D eigenvalue weighted by Gasteiger charge is 2.60. The molecule has 0 spiro atoms. The molecule has 0 heterocycles. The third-order valence-electron chi connectivity index (χ3n) is 8.21. The van der Waals surface area contributed by atoms with E-state index in [0.29, 0.717) is 17.8 Å². The maximum atomic E-state index is 12.2. The molecule has 5 atom stereocenters. The second-order valence-corrected chi connectivity index (χ2v) is 9.48. The standard InChI is InChI=1S/C20H30N2O3/c1-19(2)14-6-7-20(19,3)16(10-14)21-22-17(23)11-25-18(24)15-9-12-4-5-13(15)8-12/h12-15H,4-11H2,1-3H3,(H,22,23). The third-order valence-corrected chi connectivity index (χ3v) is 8.21. The quantitative estimate of drug-likeness (QED) is 0.627. The number of carbonyl (C=O) groups excluding carboxylic acids is 2. The Kier molecular flexibility index (Phi) is 3.97. The van der Waals surface area contributed by atoms with Gasteiger partial charge < -0.3 is 4.74 Å². The number of nitrogens with zero attached hydrogens (tertiary/aromatic N) is 1. The number of nitrogens with one attached hydrogen (secondary N) is 1. The Hall–Kier alpha value is -1.39. The normalized spacial score (nSPS) is 42.1. The molecule has 25 heavy (non-hydrogen) atoms. The Morgan fingerprint density at radius 3 is 2.56 bits per heavy atom. The van der Waals surface area contributed by atoms with Crippen molar-refractivity contribution in [3.63, 3.8) is 0 Å². The van der Waals surface area contributed by atoms with Gasteiger partial charge in [-0.3, -0.25) is 9.59 Å². The summed E-state index contributed by atoms with van der Waals surface area (Å²) in [6, 6.07) is 0. The van der Waals surface area contributed by atoms with Gasteiger partial charge in [0.1, 0.15) is 0 Å². The van der Waals surface area contributed by atoms with Gasteiger partial charge >= 0.3 is 5.97 Å². The smallest absolute Gasteiger partial charge is 0.309 e. The number of hydrogen-bond acceptors (Lipinski definition) is 4. The van der Waals surface area contributed by atoms with Crippen LogP contribution < -0.4 is 5.43 Å². The zero-order valence-corrected chi connectivity index (χ0v) is 15.6. The monoisotopic (exact) mass is 346 g/mol. The molecule has 0 radical (unpaired) electrons. The number of amides is 1. The second kappa shape index (κ2) is 5.82. The van der Waals surface area contributed by atoms with Crippen LogP contribution in [0.3, 0.4) is 0 Å². The molecular weight excluding hydrogens is 316 g/mol. The van der Waals surface area contributed by atoms with Gasteiger partial charge in [-0.15, -0.1) is 0 Å². The van der Waals surface area contributed by atoms with E-state index in [-0.39, 0.29) is 35.2 Å². The van der Waals surface area contributed by atoms with Crippen LogP contribution in [0.1, 0.15) is 65.7 Å². The van der Waals surface area contributed by atoms with Crippen LogP contribution in [0.25, 0.3) is 0 Å². The molecule has 4 bridgehead atoms. The molecular formula is C20H30N2O3. The summed E-state index contributed by atoms with van der Waals surface area (Å²) < 4.78 is 5.26. The van der Waals surface area contributed by atoms with Crippen molar-refractivity contribution in [3.8, 4) is 0 Å². The summed E-state index contributed by atoms with van der Waals surface area (Å²) in [7, 11) is 0. The molecule has 0 aromatic heterocycles. The molecule has 4 saturated carbocycles. The second-order valence-electron chi connectivity index (χ2n) is 9.48. The molecule has 4 rings (SSSR count). The van der Waals surface area contributed by atoms with Gasteiger partial charge in [-0.2, -0.15) is 5.10 Å². The lowest BCUT2D eigenvalue weighted by Crippen LogP contribution is -2.35. The van der Waals surface area contributed by atoms with Gasteiger partial charge in [0.05, 0.1) is 5.92 Å². The average Bonchev–Trinajstić information content (AvgIpc) is 3.29. The third kappa shape index (κ3) is 2.61. The molecule has 0 saturated heterocycles. The summed E-state index contributed by atoms with van der Waals surface area (Å²) in [5.74, 6) is 1.34. The van der Waals surface area contributed by atoms with Crippen LogP contribution >= 0.6 is 0 Å². The van der Waals surface area contributed by atoms with E-state index in [1.54, 1.807) is 0 Å². The van der Waals surface area contributed by atoms with Crippen LogP contribution in [0, 0.1) is 34.5 Å². The summed E-state index contributed by atoms with van der Waals surface area (Å²) in [5, 5.41) is 4.41. The highest BCUT2D eigenvalue weighted by atomic mass is 16.5. The molecule has 4 aliphatic carbocycles. The number of ether oxygens (including phenoxy) is 1. The van der Waals surface area contributed by atoms with Crippen molar-refractivity contribution in [3.05, 3.63) is 0 Å². The molecule has 5 heteroatoms. The minimum atomic E-state index is -0.326. The Balaban J connectivity index is 1.28. The first kappa shape index (κ1) is 17.0. The molecule has 4 aliphatic rings. The molecule has 0 aliphatic heterocycles. The van der Waals surface area contributed by atoms with Crippen molar-refractivity contribution in [2.75, 3.05) is 6.61 Å². The maximum Gasteiger partial charge on any atom is 0.309 e. The zero-order chi connectivity index (χ0) is 17.8. The van der Waals surface area contributed by atoms with Crippen LogP contribution in [0.4, 0.5) is 0 Å². The van der Waals surface area contributed by atoms with E-state index in [9.17, 15) is 9.59 Å². The van der Waals surface area contributed by atoms with Crippen LogP contribution in [-0.4, -0.2) is 24.2 Å². The average molecular weight is 346 g/mol. The van der Waals surface area contributed by atoms with Crippen molar-refractivity contribution in [2.45, 2.75) is 65.7 Å². The fourth-order valence-corrected chi connectivity index (χ4v) is 6.04. The van der Waals surface area contributed by atoms with Gasteiger partial charge in [0.15, 0.2) is 6.61 Å². The lowest BCUT2D eigenvalue weighted by Gasteiger charge is -2.34. The highest BCUT2D eigenvalue weighted by Crippen LogP contribution is 2.63. The van der Waals surface area contributed by atoms with Gasteiger partial charge in [0.25, 0.3) is 5.91 Å². The van der Waals surface area contributed by atoms with Gasteiger partial charge in [0, 0.05) is 11.1 Å². The highest BCUT2D eigenvalue weighted by molar-refractivity contribution is 5.95. The van der Waals surface area contributed by atoms with Crippen LogP contribution in [-0.2, 0) is 14.3 Å². The Morgan fingerprint density at radius 2 is 2.00 bits per heavy atom. The van der Waals surface area contributed by atoms with Crippen molar-refractivity contribution in [2.24, 2.45) is 39.6 Å². The number of fused-ring (bicyclic) bond motifs is 4. The Labute approximate surface area is 150 Å². The fraction of sp³-hybridized carbons (Fsp3) is 0.850. The topological polar surface area (TPSA) is 67.8 Å². The molecule has 1 N–H and O–H groups in total.